The zero-order chi connectivity index (χ0) is 11.2. The summed E-state index contributed by atoms with van der Waals surface area (Å²) in [6.45, 7) is 1.69. The van der Waals surface area contributed by atoms with E-state index in [9.17, 15) is 18.0 Å². The summed E-state index contributed by atoms with van der Waals surface area (Å²) < 4.78 is 38.7. The third kappa shape index (κ3) is 1.64. The maximum atomic E-state index is 13.2. The Labute approximate surface area is 84.9 Å². The van der Waals surface area contributed by atoms with E-state index in [0.717, 1.165) is 0 Å². The first-order chi connectivity index (χ1) is 6.94. The van der Waals surface area contributed by atoms with Gasteiger partial charge >= 0.3 is 0 Å². The summed E-state index contributed by atoms with van der Waals surface area (Å²) in [6, 6.07) is 1.05. The van der Waals surface area contributed by atoms with Crippen molar-refractivity contribution in [1.82, 2.24) is 0 Å². The van der Waals surface area contributed by atoms with Gasteiger partial charge in [0, 0.05) is 11.5 Å². The van der Waals surface area contributed by atoms with Crippen LogP contribution >= 0.6 is 0 Å². The van der Waals surface area contributed by atoms with Crippen molar-refractivity contribution in [2.24, 2.45) is 5.41 Å². The molecular weight excluding hydrogens is 205 g/mol. The minimum absolute atomic E-state index is 0.353. The van der Waals surface area contributed by atoms with Crippen LogP contribution in [0.15, 0.2) is 12.1 Å². The summed E-state index contributed by atoms with van der Waals surface area (Å²) in [5, 5.41) is 0. The van der Waals surface area contributed by atoms with Crippen molar-refractivity contribution in [2.45, 2.75) is 19.8 Å². The van der Waals surface area contributed by atoms with Gasteiger partial charge in [-0.25, -0.2) is 13.2 Å². The van der Waals surface area contributed by atoms with Crippen molar-refractivity contribution in [1.29, 1.82) is 0 Å². The minimum atomic E-state index is -1.27. The van der Waals surface area contributed by atoms with Gasteiger partial charge in [-0.2, -0.15) is 0 Å². The van der Waals surface area contributed by atoms with E-state index in [-0.39, 0.29) is 5.56 Å². The second kappa shape index (κ2) is 3.08. The highest BCUT2D eigenvalue weighted by molar-refractivity contribution is 6.02. The molecular formula is C11H9F3O. The molecule has 15 heavy (non-hydrogen) atoms. The zero-order valence-electron chi connectivity index (χ0n) is 8.11. The van der Waals surface area contributed by atoms with E-state index in [1.165, 1.54) is 0 Å². The third-order valence-corrected chi connectivity index (χ3v) is 2.80. The Morgan fingerprint density at radius 3 is 2.20 bits per heavy atom. The summed E-state index contributed by atoms with van der Waals surface area (Å²) >= 11 is 0. The Hall–Kier alpha value is -1.32. The largest absolute Gasteiger partial charge is 0.293 e. The molecule has 1 aromatic carbocycles. The Morgan fingerprint density at radius 2 is 1.67 bits per heavy atom. The van der Waals surface area contributed by atoms with E-state index in [1.807, 2.05) is 0 Å². The number of halogens is 3. The van der Waals surface area contributed by atoms with Crippen molar-refractivity contribution in [3.63, 3.8) is 0 Å². The second-order valence-corrected chi connectivity index (χ2v) is 4.14. The first kappa shape index (κ1) is 10.2. The maximum Gasteiger partial charge on any atom is 0.171 e. The highest BCUT2D eigenvalue weighted by atomic mass is 19.2. The molecule has 0 atom stereocenters. The topological polar surface area (TPSA) is 17.1 Å². The average Bonchev–Trinajstić information content (AvgIpc) is 2.90. The van der Waals surface area contributed by atoms with Crippen molar-refractivity contribution in [3.05, 3.63) is 35.1 Å². The SMILES string of the molecule is CC1(C(=O)c2cc(F)c(F)cc2F)CC1. The van der Waals surface area contributed by atoms with Gasteiger partial charge in [-0.3, -0.25) is 4.79 Å². The zero-order valence-corrected chi connectivity index (χ0v) is 8.11. The molecule has 0 heterocycles. The molecule has 0 spiro atoms. The number of hydrogen-bond acceptors (Lipinski definition) is 1. The molecule has 80 valence electrons. The van der Waals surface area contributed by atoms with Gasteiger partial charge < -0.3 is 0 Å². The van der Waals surface area contributed by atoms with Gasteiger partial charge in [-0.1, -0.05) is 6.92 Å². The molecule has 0 N–H and O–H groups in total. The molecule has 0 bridgehead atoms. The number of rotatable bonds is 2. The molecule has 2 rings (SSSR count). The van der Waals surface area contributed by atoms with Crippen molar-refractivity contribution in [2.75, 3.05) is 0 Å². The molecule has 1 aromatic rings. The molecule has 4 heteroatoms. The lowest BCUT2D eigenvalue weighted by Gasteiger charge is -2.08. The lowest BCUT2D eigenvalue weighted by atomic mass is 9.96. The molecule has 0 amide bonds. The molecule has 0 saturated heterocycles. The smallest absolute Gasteiger partial charge is 0.171 e. The molecule has 1 fully saturated rings. The van der Waals surface area contributed by atoms with Gasteiger partial charge in [0.2, 0.25) is 0 Å². The monoisotopic (exact) mass is 214 g/mol. The molecule has 0 aliphatic heterocycles. The molecule has 0 radical (unpaired) electrons. The maximum absolute atomic E-state index is 13.2. The Balaban J connectivity index is 2.44. The van der Waals surface area contributed by atoms with Crippen molar-refractivity contribution >= 4 is 5.78 Å². The van der Waals surface area contributed by atoms with Gasteiger partial charge in [0.15, 0.2) is 17.4 Å². The van der Waals surface area contributed by atoms with Crippen LogP contribution in [-0.4, -0.2) is 5.78 Å². The Kier molecular flexibility index (Phi) is 2.10. The number of Topliss-reactive ketones (excluding diaryl/α,β-unsaturated/α-hetero) is 1. The van der Waals surface area contributed by atoms with Gasteiger partial charge in [-0.15, -0.1) is 0 Å². The van der Waals surface area contributed by atoms with Gasteiger partial charge in [0.1, 0.15) is 5.82 Å². The molecule has 1 aliphatic rings. The first-order valence-corrected chi connectivity index (χ1v) is 4.63. The summed E-state index contributed by atoms with van der Waals surface area (Å²) in [7, 11) is 0. The summed E-state index contributed by atoms with van der Waals surface area (Å²) in [5.74, 6) is -3.90. The van der Waals surface area contributed by atoms with Crippen molar-refractivity contribution in [3.8, 4) is 0 Å². The van der Waals surface area contributed by atoms with E-state index in [0.29, 0.717) is 25.0 Å². The van der Waals surface area contributed by atoms with Crippen LogP contribution in [0.1, 0.15) is 30.1 Å². The lowest BCUT2D eigenvalue weighted by molar-refractivity contribution is 0.0907. The molecule has 0 aromatic heterocycles. The predicted octanol–water partition coefficient (Wildman–Crippen LogP) is 3.09. The van der Waals surface area contributed by atoms with Crippen LogP contribution in [0.2, 0.25) is 0 Å². The summed E-state index contributed by atoms with van der Waals surface area (Å²) in [4.78, 5) is 11.7. The van der Waals surface area contributed by atoms with Gasteiger partial charge in [0.25, 0.3) is 0 Å². The predicted molar refractivity (Wildman–Crippen MR) is 48.0 cm³/mol. The van der Waals surface area contributed by atoms with Gasteiger partial charge in [-0.05, 0) is 18.9 Å². The van der Waals surface area contributed by atoms with E-state index in [4.69, 9.17) is 0 Å². The standard InChI is InChI=1S/C11H9F3O/c1-11(2-3-11)10(15)6-4-8(13)9(14)5-7(6)12/h4-5H,2-3H2,1H3. The fraction of sp³-hybridized carbons (Fsp3) is 0.364. The first-order valence-electron chi connectivity index (χ1n) is 4.63. The second-order valence-electron chi connectivity index (χ2n) is 4.14. The van der Waals surface area contributed by atoms with Crippen LogP contribution in [0.5, 0.6) is 0 Å². The number of ketones is 1. The third-order valence-electron chi connectivity index (χ3n) is 2.80. The van der Waals surface area contributed by atoms with Crippen LogP contribution in [0.4, 0.5) is 13.2 Å². The van der Waals surface area contributed by atoms with Crippen LogP contribution in [-0.2, 0) is 0 Å². The normalized spacial score (nSPS) is 17.6. The molecule has 1 aliphatic carbocycles. The van der Waals surface area contributed by atoms with Crippen LogP contribution < -0.4 is 0 Å². The molecule has 1 saturated carbocycles. The fourth-order valence-electron chi connectivity index (χ4n) is 1.44. The highest BCUT2D eigenvalue weighted by Crippen LogP contribution is 2.47. The number of benzene rings is 1. The Bertz CT molecular complexity index is 436. The fourth-order valence-corrected chi connectivity index (χ4v) is 1.44. The summed E-state index contributed by atoms with van der Waals surface area (Å²) in [5.41, 5.74) is -0.931. The number of hydrogen-bond donors (Lipinski definition) is 0. The Morgan fingerprint density at radius 1 is 1.13 bits per heavy atom. The summed E-state index contributed by atoms with van der Waals surface area (Å²) in [6.07, 6.45) is 1.34. The number of carbonyl (C=O) groups excluding carboxylic acids is 1. The number of carbonyl (C=O) groups is 1. The van der Waals surface area contributed by atoms with Crippen LogP contribution in [0, 0.1) is 22.9 Å². The van der Waals surface area contributed by atoms with E-state index in [2.05, 4.69) is 0 Å². The van der Waals surface area contributed by atoms with Crippen LogP contribution in [0.25, 0.3) is 0 Å². The van der Waals surface area contributed by atoms with Gasteiger partial charge in [0.05, 0.1) is 5.56 Å². The van der Waals surface area contributed by atoms with E-state index < -0.39 is 28.6 Å². The van der Waals surface area contributed by atoms with E-state index in [1.54, 1.807) is 6.92 Å². The lowest BCUT2D eigenvalue weighted by Crippen LogP contribution is -2.14. The minimum Gasteiger partial charge on any atom is -0.293 e. The van der Waals surface area contributed by atoms with Crippen molar-refractivity contribution < 1.29 is 18.0 Å². The average molecular weight is 214 g/mol. The van der Waals surface area contributed by atoms with Crippen LogP contribution in [0.3, 0.4) is 0 Å². The quantitative estimate of drug-likeness (QED) is 0.546. The molecule has 0 unspecified atom stereocenters. The molecule has 1 nitrogen and oxygen atoms in total. The van der Waals surface area contributed by atoms with E-state index >= 15 is 0 Å². The highest BCUT2D eigenvalue weighted by Gasteiger charge is 2.46.